The highest BCUT2D eigenvalue weighted by Gasteiger charge is 2.06. The summed E-state index contributed by atoms with van der Waals surface area (Å²) >= 11 is 0. The van der Waals surface area contributed by atoms with Crippen molar-refractivity contribution in [3.05, 3.63) is 35.1 Å². The number of ether oxygens (including phenoxy) is 1. The Morgan fingerprint density at radius 1 is 1.50 bits per heavy atom. The molecule has 0 spiro atoms. The molecule has 14 heavy (non-hydrogen) atoms. The second-order valence-electron chi connectivity index (χ2n) is 2.73. The summed E-state index contributed by atoms with van der Waals surface area (Å²) in [7, 11) is 0. The van der Waals surface area contributed by atoms with Crippen molar-refractivity contribution in [1.29, 1.82) is 5.26 Å². The summed E-state index contributed by atoms with van der Waals surface area (Å²) in [6.45, 7) is 0.939. The summed E-state index contributed by atoms with van der Waals surface area (Å²) in [5.41, 5.74) is 5.64. The molecule has 74 valence electrons. The van der Waals surface area contributed by atoms with E-state index < -0.39 is 5.82 Å². The summed E-state index contributed by atoms with van der Waals surface area (Å²) in [4.78, 5) is 0. The van der Waals surface area contributed by atoms with Gasteiger partial charge in [0.05, 0.1) is 18.8 Å². The summed E-state index contributed by atoms with van der Waals surface area (Å²) in [6.07, 6.45) is 0. The number of hydrogen-bond acceptors (Lipinski definition) is 3. The van der Waals surface area contributed by atoms with Crippen LogP contribution in [0.4, 0.5) is 4.39 Å². The van der Waals surface area contributed by atoms with Crippen molar-refractivity contribution in [2.24, 2.45) is 5.73 Å². The van der Waals surface area contributed by atoms with Crippen molar-refractivity contribution in [3.8, 4) is 6.07 Å². The standard InChI is InChI=1S/C10H11FN2O/c11-10-8(6-13)2-1-3-9(10)7-14-5-4-12/h1-3H,4-5,7,12H2. The van der Waals surface area contributed by atoms with E-state index in [9.17, 15) is 4.39 Å². The molecule has 0 fully saturated rings. The van der Waals surface area contributed by atoms with Crippen LogP contribution in [-0.2, 0) is 11.3 Å². The van der Waals surface area contributed by atoms with E-state index in [0.717, 1.165) is 0 Å². The Labute approximate surface area is 81.9 Å². The highest BCUT2D eigenvalue weighted by Crippen LogP contribution is 2.12. The lowest BCUT2D eigenvalue weighted by atomic mass is 10.1. The Bertz CT molecular complexity index is 346. The average Bonchev–Trinajstić information content (AvgIpc) is 2.21. The zero-order chi connectivity index (χ0) is 10.4. The zero-order valence-corrected chi connectivity index (χ0v) is 7.66. The van der Waals surface area contributed by atoms with Crippen LogP contribution in [0.15, 0.2) is 18.2 Å². The zero-order valence-electron chi connectivity index (χ0n) is 7.66. The van der Waals surface area contributed by atoms with Gasteiger partial charge in [-0.05, 0) is 6.07 Å². The molecule has 1 aromatic carbocycles. The van der Waals surface area contributed by atoms with Crippen molar-refractivity contribution >= 4 is 0 Å². The smallest absolute Gasteiger partial charge is 0.146 e. The van der Waals surface area contributed by atoms with Crippen LogP contribution in [0.25, 0.3) is 0 Å². The van der Waals surface area contributed by atoms with Gasteiger partial charge >= 0.3 is 0 Å². The molecular formula is C10H11FN2O. The molecule has 0 aliphatic heterocycles. The molecule has 0 saturated heterocycles. The molecule has 0 unspecified atom stereocenters. The van der Waals surface area contributed by atoms with Gasteiger partial charge in [-0.3, -0.25) is 0 Å². The molecule has 0 radical (unpaired) electrons. The van der Waals surface area contributed by atoms with E-state index in [4.69, 9.17) is 15.7 Å². The van der Waals surface area contributed by atoms with Crippen molar-refractivity contribution in [1.82, 2.24) is 0 Å². The number of nitrogens with zero attached hydrogens (tertiary/aromatic N) is 1. The van der Waals surface area contributed by atoms with E-state index in [2.05, 4.69) is 0 Å². The van der Waals surface area contributed by atoms with Gasteiger partial charge in [-0.15, -0.1) is 0 Å². The Morgan fingerprint density at radius 3 is 2.93 bits per heavy atom. The van der Waals surface area contributed by atoms with Crippen LogP contribution >= 0.6 is 0 Å². The van der Waals surface area contributed by atoms with E-state index >= 15 is 0 Å². The minimum atomic E-state index is -0.507. The molecule has 1 aromatic rings. The minimum Gasteiger partial charge on any atom is -0.375 e. The van der Waals surface area contributed by atoms with Crippen molar-refractivity contribution in [2.45, 2.75) is 6.61 Å². The Morgan fingerprint density at radius 2 is 2.29 bits per heavy atom. The van der Waals surface area contributed by atoms with Crippen molar-refractivity contribution in [2.75, 3.05) is 13.2 Å². The number of benzene rings is 1. The summed E-state index contributed by atoms with van der Waals surface area (Å²) in [6, 6.07) is 6.42. The van der Waals surface area contributed by atoms with Gasteiger partial charge in [-0.1, -0.05) is 12.1 Å². The van der Waals surface area contributed by atoms with E-state index in [0.29, 0.717) is 18.7 Å². The molecule has 0 aromatic heterocycles. The maximum absolute atomic E-state index is 13.4. The van der Waals surface area contributed by atoms with Crippen LogP contribution in [0, 0.1) is 17.1 Å². The average molecular weight is 194 g/mol. The second kappa shape index (κ2) is 5.32. The molecule has 0 amide bonds. The minimum absolute atomic E-state index is 0.0406. The van der Waals surface area contributed by atoms with Gasteiger partial charge in [0.15, 0.2) is 0 Å². The van der Waals surface area contributed by atoms with Crippen LogP contribution in [0.2, 0.25) is 0 Å². The molecule has 0 saturated carbocycles. The summed E-state index contributed by atoms with van der Waals surface area (Å²) in [5, 5.41) is 8.56. The second-order valence-corrected chi connectivity index (χ2v) is 2.73. The molecule has 0 heterocycles. The highest BCUT2D eigenvalue weighted by molar-refractivity contribution is 5.34. The molecule has 0 aliphatic rings. The Balaban J connectivity index is 2.73. The lowest BCUT2D eigenvalue weighted by Crippen LogP contribution is -2.08. The first-order valence-electron chi connectivity index (χ1n) is 4.25. The van der Waals surface area contributed by atoms with Gasteiger partial charge in [-0.2, -0.15) is 5.26 Å². The van der Waals surface area contributed by atoms with Crippen LogP contribution in [0.5, 0.6) is 0 Å². The number of nitriles is 1. The third-order valence-corrected chi connectivity index (χ3v) is 1.72. The first kappa shape index (κ1) is 10.6. The van der Waals surface area contributed by atoms with Gasteiger partial charge in [0.1, 0.15) is 11.9 Å². The summed E-state index contributed by atoms with van der Waals surface area (Å²) in [5.74, 6) is -0.507. The number of halogens is 1. The maximum Gasteiger partial charge on any atom is 0.146 e. The van der Waals surface area contributed by atoms with E-state index in [-0.39, 0.29) is 12.2 Å². The van der Waals surface area contributed by atoms with Crippen LogP contribution in [0.1, 0.15) is 11.1 Å². The van der Waals surface area contributed by atoms with Crippen LogP contribution in [-0.4, -0.2) is 13.2 Å². The van der Waals surface area contributed by atoms with E-state index in [1.54, 1.807) is 18.2 Å². The summed E-state index contributed by atoms with van der Waals surface area (Å²) < 4.78 is 18.4. The SMILES string of the molecule is N#Cc1cccc(COCCN)c1F. The molecule has 0 bridgehead atoms. The monoisotopic (exact) mass is 194 g/mol. The molecular weight excluding hydrogens is 183 g/mol. The number of rotatable bonds is 4. The predicted molar refractivity (Wildman–Crippen MR) is 49.8 cm³/mol. The van der Waals surface area contributed by atoms with Crippen LogP contribution < -0.4 is 5.73 Å². The lowest BCUT2D eigenvalue weighted by molar-refractivity contribution is 0.125. The van der Waals surface area contributed by atoms with Gasteiger partial charge in [-0.25, -0.2) is 4.39 Å². The molecule has 0 atom stereocenters. The fourth-order valence-corrected chi connectivity index (χ4v) is 1.04. The maximum atomic E-state index is 13.4. The number of nitrogens with two attached hydrogens (primary N) is 1. The quantitative estimate of drug-likeness (QED) is 0.732. The Hall–Kier alpha value is -1.44. The van der Waals surface area contributed by atoms with Crippen molar-refractivity contribution < 1.29 is 9.13 Å². The first-order chi connectivity index (χ1) is 6.79. The fraction of sp³-hybridized carbons (Fsp3) is 0.300. The molecule has 4 heteroatoms. The normalized spacial score (nSPS) is 9.79. The third-order valence-electron chi connectivity index (χ3n) is 1.72. The van der Waals surface area contributed by atoms with E-state index in [1.165, 1.54) is 6.07 Å². The number of hydrogen-bond donors (Lipinski definition) is 1. The fourth-order valence-electron chi connectivity index (χ4n) is 1.04. The van der Waals surface area contributed by atoms with Gasteiger partial charge < -0.3 is 10.5 Å². The van der Waals surface area contributed by atoms with Gasteiger partial charge in [0.2, 0.25) is 0 Å². The first-order valence-corrected chi connectivity index (χ1v) is 4.25. The third kappa shape index (κ3) is 2.52. The van der Waals surface area contributed by atoms with Gasteiger partial charge in [0, 0.05) is 12.1 Å². The molecule has 1 rings (SSSR count). The van der Waals surface area contributed by atoms with E-state index in [1.807, 2.05) is 0 Å². The largest absolute Gasteiger partial charge is 0.375 e. The molecule has 0 aliphatic carbocycles. The van der Waals surface area contributed by atoms with Gasteiger partial charge in [0.25, 0.3) is 0 Å². The topological polar surface area (TPSA) is 59.0 Å². The van der Waals surface area contributed by atoms with Crippen molar-refractivity contribution in [3.63, 3.8) is 0 Å². The van der Waals surface area contributed by atoms with Crippen LogP contribution in [0.3, 0.4) is 0 Å². The predicted octanol–water partition coefficient (Wildman–Crippen LogP) is 1.17. The molecule has 2 N–H and O–H groups in total. The highest BCUT2D eigenvalue weighted by atomic mass is 19.1. The Kier molecular flexibility index (Phi) is 4.05. The molecule has 3 nitrogen and oxygen atoms in total. The lowest BCUT2D eigenvalue weighted by Gasteiger charge is -2.04.